The van der Waals surface area contributed by atoms with Gasteiger partial charge in [0.1, 0.15) is 0 Å². The zero-order chi connectivity index (χ0) is 21.1. The van der Waals surface area contributed by atoms with Gasteiger partial charge >= 0.3 is 0 Å². The Morgan fingerprint density at radius 1 is 0.933 bits per heavy atom. The average Bonchev–Trinajstić information content (AvgIpc) is 3.29. The molecule has 156 valence electrons. The van der Waals surface area contributed by atoms with Gasteiger partial charge < -0.3 is 9.80 Å². The average molecular weight is 442 g/mol. The predicted molar refractivity (Wildman–Crippen MR) is 121 cm³/mol. The summed E-state index contributed by atoms with van der Waals surface area (Å²) in [5, 5.41) is 1.91. The van der Waals surface area contributed by atoms with Gasteiger partial charge in [0.25, 0.3) is 15.9 Å². The van der Waals surface area contributed by atoms with Crippen LogP contribution in [0.3, 0.4) is 0 Å². The molecule has 4 rings (SSSR count). The first-order valence-electron chi connectivity index (χ1n) is 9.70. The maximum absolute atomic E-state index is 12.5. The van der Waals surface area contributed by atoms with Gasteiger partial charge in [-0.05, 0) is 54.8 Å². The first-order valence-corrected chi connectivity index (χ1v) is 12.1. The van der Waals surface area contributed by atoms with Crippen molar-refractivity contribution >= 4 is 38.6 Å². The van der Waals surface area contributed by atoms with Crippen LogP contribution in [0.1, 0.15) is 15.2 Å². The maximum Gasteiger partial charge on any atom is 0.264 e. The minimum absolute atomic E-state index is 0.0884. The van der Waals surface area contributed by atoms with Crippen molar-refractivity contribution in [3.63, 3.8) is 0 Å². The van der Waals surface area contributed by atoms with Gasteiger partial charge in [-0.15, -0.1) is 11.3 Å². The fraction of sp³-hybridized carbons (Fsp3) is 0.227. The molecule has 0 saturated carbocycles. The Balaban J connectivity index is 1.37. The lowest BCUT2D eigenvalue weighted by Gasteiger charge is -2.36. The number of rotatable bonds is 5. The Morgan fingerprint density at radius 3 is 2.20 bits per heavy atom. The van der Waals surface area contributed by atoms with Crippen LogP contribution in [0.25, 0.3) is 0 Å². The largest absolute Gasteiger partial charge is 0.368 e. The van der Waals surface area contributed by atoms with Gasteiger partial charge in [0.15, 0.2) is 0 Å². The fourth-order valence-electron chi connectivity index (χ4n) is 3.40. The smallest absolute Gasteiger partial charge is 0.264 e. The van der Waals surface area contributed by atoms with Crippen molar-refractivity contribution in [1.82, 2.24) is 4.90 Å². The van der Waals surface area contributed by atoms with Crippen molar-refractivity contribution in [1.29, 1.82) is 0 Å². The van der Waals surface area contributed by atoms with Crippen LogP contribution in [0.15, 0.2) is 70.9 Å². The number of carbonyl (C=O) groups excluding carboxylic acids is 1. The number of sulfonamides is 1. The minimum atomic E-state index is -3.61. The highest BCUT2D eigenvalue weighted by Gasteiger charge is 2.23. The molecule has 1 aliphatic heterocycles. The zero-order valence-corrected chi connectivity index (χ0v) is 18.2. The van der Waals surface area contributed by atoms with Crippen LogP contribution in [0.4, 0.5) is 11.4 Å². The molecule has 30 heavy (non-hydrogen) atoms. The molecule has 0 radical (unpaired) electrons. The van der Waals surface area contributed by atoms with E-state index in [1.54, 1.807) is 36.4 Å². The van der Waals surface area contributed by atoms with E-state index in [0.29, 0.717) is 18.8 Å². The number of nitrogens with zero attached hydrogens (tertiary/aromatic N) is 2. The van der Waals surface area contributed by atoms with Crippen molar-refractivity contribution < 1.29 is 13.2 Å². The van der Waals surface area contributed by atoms with Gasteiger partial charge in [0.2, 0.25) is 0 Å². The lowest BCUT2D eigenvalue weighted by molar-refractivity contribution is 0.0751. The summed E-state index contributed by atoms with van der Waals surface area (Å²) in [7, 11) is -3.61. The van der Waals surface area contributed by atoms with Crippen molar-refractivity contribution in [2.45, 2.75) is 11.8 Å². The Morgan fingerprint density at radius 2 is 1.60 bits per heavy atom. The summed E-state index contributed by atoms with van der Waals surface area (Å²) in [5.74, 6) is 0.0884. The third-order valence-corrected chi connectivity index (χ3v) is 7.37. The van der Waals surface area contributed by atoms with E-state index in [1.165, 1.54) is 11.3 Å². The number of hydrogen-bond acceptors (Lipinski definition) is 5. The van der Waals surface area contributed by atoms with Gasteiger partial charge in [0.05, 0.1) is 9.77 Å². The number of benzene rings is 2. The molecule has 0 atom stereocenters. The highest BCUT2D eigenvalue weighted by molar-refractivity contribution is 7.92. The van der Waals surface area contributed by atoms with Crippen molar-refractivity contribution in [3.05, 3.63) is 76.5 Å². The molecule has 6 nitrogen and oxygen atoms in total. The van der Waals surface area contributed by atoms with E-state index in [4.69, 9.17) is 0 Å². The molecule has 0 bridgehead atoms. The van der Waals surface area contributed by atoms with Crippen LogP contribution in [0.5, 0.6) is 0 Å². The Bertz CT molecular complexity index is 1100. The number of piperazine rings is 1. The van der Waals surface area contributed by atoms with Crippen LogP contribution in [-0.4, -0.2) is 45.4 Å². The van der Waals surface area contributed by atoms with Gasteiger partial charge in [0, 0.05) is 37.6 Å². The number of nitrogens with one attached hydrogen (secondary N) is 1. The van der Waals surface area contributed by atoms with Crippen LogP contribution >= 0.6 is 11.3 Å². The molecule has 2 aromatic carbocycles. The molecule has 3 aromatic rings. The normalized spacial score (nSPS) is 14.6. The number of carbonyl (C=O) groups is 1. The van der Waals surface area contributed by atoms with E-state index in [9.17, 15) is 13.2 Å². The summed E-state index contributed by atoms with van der Waals surface area (Å²) in [5.41, 5.74) is 2.54. The lowest BCUT2D eigenvalue weighted by atomic mass is 10.2. The molecule has 8 heteroatoms. The van der Waals surface area contributed by atoms with Crippen LogP contribution < -0.4 is 9.62 Å². The molecule has 1 N–H and O–H groups in total. The van der Waals surface area contributed by atoms with E-state index >= 15 is 0 Å². The van der Waals surface area contributed by atoms with Gasteiger partial charge in [-0.3, -0.25) is 9.52 Å². The number of anilines is 2. The van der Waals surface area contributed by atoms with Crippen molar-refractivity contribution in [2.75, 3.05) is 35.8 Å². The van der Waals surface area contributed by atoms with Crippen LogP contribution in [0, 0.1) is 6.92 Å². The summed E-state index contributed by atoms with van der Waals surface area (Å²) < 4.78 is 27.7. The Labute approximate surface area is 180 Å². The maximum atomic E-state index is 12.5. The summed E-state index contributed by atoms with van der Waals surface area (Å²) in [6.45, 7) is 4.73. The highest BCUT2D eigenvalue weighted by Crippen LogP contribution is 2.23. The second kappa shape index (κ2) is 8.49. The van der Waals surface area contributed by atoms with E-state index in [0.717, 1.165) is 29.2 Å². The summed E-state index contributed by atoms with van der Waals surface area (Å²) in [6, 6.07) is 17.9. The van der Waals surface area contributed by atoms with Gasteiger partial charge in [-0.1, -0.05) is 23.8 Å². The molecule has 1 saturated heterocycles. The standard InChI is InChI=1S/C22H23N3O3S2/c1-17-4-10-20(11-5-17)30(27,28)23-18-6-8-19(9-7-18)24-12-14-25(15-13-24)22(26)21-3-2-16-29-21/h2-11,16,23H,12-15H2,1H3. The second-order valence-corrected chi connectivity index (χ2v) is 9.85. The van der Waals surface area contributed by atoms with Crippen LogP contribution in [-0.2, 0) is 10.0 Å². The number of hydrogen-bond donors (Lipinski definition) is 1. The molecule has 1 aromatic heterocycles. The summed E-state index contributed by atoms with van der Waals surface area (Å²) >= 11 is 1.47. The molecule has 2 heterocycles. The SMILES string of the molecule is Cc1ccc(S(=O)(=O)Nc2ccc(N3CCN(C(=O)c4cccs4)CC3)cc2)cc1. The topological polar surface area (TPSA) is 69.7 Å². The first-order chi connectivity index (χ1) is 14.4. The molecular formula is C22H23N3O3S2. The van der Waals surface area contributed by atoms with Crippen molar-refractivity contribution in [2.24, 2.45) is 0 Å². The number of amides is 1. The second-order valence-electron chi connectivity index (χ2n) is 7.22. The fourth-order valence-corrected chi connectivity index (χ4v) is 5.15. The molecule has 0 spiro atoms. The quantitative estimate of drug-likeness (QED) is 0.654. The third-order valence-electron chi connectivity index (χ3n) is 5.11. The van der Waals surface area contributed by atoms with Crippen LogP contribution in [0.2, 0.25) is 0 Å². The molecule has 1 amide bonds. The Kier molecular flexibility index (Phi) is 5.78. The predicted octanol–water partition coefficient (Wildman–Crippen LogP) is 3.82. The number of thiophene rings is 1. The van der Waals surface area contributed by atoms with Gasteiger partial charge in [-0.25, -0.2) is 8.42 Å². The molecule has 0 aliphatic carbocycles. The summed E-state index contributed by atoms with van der Waals surface area (Å²) in [4.78, 5) is 17.6. The monoisotopic (exact) mass is 441 g/mol. The number of aryl methyl sites for hydroxylation is 1. The van der Waals surface area contributed by atoms with E-state index < -0.39 is 10.0 Å². The van der Waals surface area contributed by atoms with E-state index in [-0.39, 0.29) is 10.8 Å². The van der Waals surface area contributed by atoms with E-state index in [2.05, 4.69) is 9.62 Å². The summed E-state index contributed by atoms with van der Waals surface area (Å²) in [6.07, 6.45) is 0. The first kappa shape index (κ1) is 20.4. The highest BCUT2D eigenvalue weighted by atomic mass is 32.2. The molecular weight excluding hydrogens is 418 g/mol. The molecule has 0 unspecified atom stereocenters. The zero-order valence-electron chi connectivity index (χ0n) is 16.6. The molecule has 1 fully saturated rings. The third kappa shape index (κ3) is 4.49. The van der Waals surface area contributed by atoms with Gasteiger partial charge in [-0.2, -0.15) is 0 Å². The molecule has 1 aliphatic rings. The lowest BCUT2D eigenvalue weighted by Crippen LogP contribution is -2.48. The van der Waals surface area contributed by atoms with Crippen molar-refractivity contribution in [3.8, 4) is 0 Å². The Hall–Kier alpha value is -2.84. The minimum Gasteiger partial charge on any atom is -0.368 e. The van der Waals surface area contributed by atoms with E-state index in [1.807, 2.05) is 41.5 Å².